The number of aromatic nitrogens is 2. The average molecular weight is 541 g/mol. The normalized spacial score (nSPS) is 22.1. The Morgan fingerprint density at radius 2 is 1.74 bits per heavy atom. The first kappa shape index (κ1) is 28.4. The fourth-order valence-corrected chi connectivity index (χ4v) is 5.73. The van der Waals surface area contributed by atoms with Gasteiger partial charge in [-0.1, -0.05) is 25.1 Å². The first-order valence-electron chi connectivity index (χ1n) is 14.0. The summed E-state index contributed by atoms with van der Waals surface area (Å²) in [6, 6.07) is 8.45. The summed E-state index contributed by atoms with van der Waals surface area (Å²) in [7, 11) is 0. The molecule has 1 amide bonds. The highest BCUT2D eigenvalue weighted by molar-refractivity contribution is 5.85. The number of hydrogen-bond donors (Lipinski definition) is 1. The maximum Gasteiger partial charge on any atom is 0.226 e. The molecular weight excluding hydrogens is 500 g/mol. The van der Waals surface area contributed by atoms with Crippen molar-refractivity contribution in [2.24, 2.45) is 17.8 Å². The van der Waals surface area contributed by atoms with Gasteiger partial charge < -0.3 is 19.6 Å². The highest BCUT2D eigenvalue weighted by atomic mass is 35.5. The second-order valence-corrected chi connectivity index (χ2v) is 10.8. The van der Waals surface area contributed by atoms with Gasteiger partial charge in [-0.3, -0.25) is 4.79 Å². The van der Waals surface area contributed by atoms with Crippen molar-refractivity contribution in [2.75, 3.05) is 44.3 Å². The Labute approximate surface area is 232 Å². The number of ether oxygens (including phenoxy) is 1. The number of carbonyl (C=O) groups is 1. The number of anilines is 1. The monoisotopic (exact) mass is 540 g/mol. The topological polar surface area (TPSA) is 78.8 Å². The van der Waals surface area contributed by atoms with Gasteiger partial charge in [0.1, 0.15) is 5.75 Å². The van der Waals surface area contributed by atoms with E-state index in [1.807, 2.05) is 17.3 Å². The summed E-state index contributed by atoms with van der Waals surface area (Å²) in [5.74, 6) is 2.91. The van der Waals surface area contributed by atoms with Crippen LogP contribution in [-0.4, -0.2) is 65.3 Å². The van der Waals surface area contributed by atoms with Gasteiger partial charge in [0.25, 0.3) is 0 Å². The van der Waals surface area contributed by atoms with Crippen LogP contribution in [0.4, 0.5) is 5.95 Å². The molecule has 3 heterocycles. The summed E-state index contributed by atoms with van der Waals surface area (Å²) in [6.07, 6.45) is 12.8. The Balaban J connectivity index is 0.00000336. The van der Waals surface area contributed by atoms with Crippen molar-refractivity contribution < 1.29 is 14.6 Å². The number of carbonyl (C=O) groups excluding carboxylic acids is 1. The van der Waals surface area contributed by atoms with Crippen molar-refractivity contribution >= 4 is 29.8 Å². The molecule has 0 bridgehead atoms. The number of aliphatic hydroxyl groups is 1. The molecule has 2 aromatic rings. The molecule has 0 radical (unpaired) electrons. The van der Waals surface area contributed by atoms with Gasteiger partial charge in [-0.15, -0.1) is 12.4 Å². The Hall–Kier alpha value is -2.64. The van der Waals surface area contributed by atoms with Crippen LogP contribution in [0.5, 0.6) is 5.75 Å². The van der Waals surface area contributed by atoms with Crippen LogP contribution in [0, 0.1) is 17.8 Å². The van der Waals surface area contributed by atoms with Crippen LogP contribution in [0.3, 0.4) is 0 Å². The van der Waals surface area contributed by atoms with Crippen LogP contribution in [0.1, 0.15) is 56.6 Å². The van der Waals surface area contributed by atoms with Gasteiger partial charge in [0.15, 0.2) is 0 Å². The molecule has 8 heteroatoms. The Bertz CT molecular complexity index is 1070. The minimum absolute atomic E-state index is 0. The molecule has 1 unspecified atom stereocenters. The summed E-state index contributed by atoms with van der Waals surface area (Å²) in [5.41, 5.74) is 3.72. The van der Waals surface area contributed by atoms with E-state index < -0.39 is 0 Å². The number of halogens is 1. The highest BCUT2D eigenvalue weighted by Crippen LogP contribution is 2.33. The molecular formula is C30H41ClN4O3. The van der Waals surface area contributed by atoms with Gasteiger partial charge in [-0.2, -0.15) is 0 Å². The first-order chi connectivity index (χ1) is 18.1. The van der Waals surface area contributed by atoms with E-state index in [0.29, 0.717) is 12.5 Å². The number of nitrogens with zero attached hydrogens (tertiary/aromatic N) is 4. The smallest absolute Gasteiger partial charge is 0.226 e. The zero-order valence-corrected chi connectivity index (χ0v) is 23.2. The molecule has 1 aromatic heterocycles. The van der Waals surface area contributed by atoms with Gasteiger partial charge in [0, 0.05) is 57.0 Å². The second kappa shape index (κ2) is 13.4. The predicted octanol–water partition coefficient (Wildman–Crippen LogP) is 4.78. The Kier molecular flexibility index (Phi) is 10.0. The van der Waals surface area contributed by atoms with Crippen molar-refractivity contribution in [1.29, 1.82) is 0 Å². The molecule has 0 saturated carbocycles. The maximum absolute atomic E-state index is 12.9. The second-order valence-electron chi connectivity index (χ2n) is 10.8. The molecule has 2 saturated heterocycles. The average Bonchev–Trinajstić information content (AvgIpc) is 3.46. The number of rotatable bonds is 8. The molecule has 3 aliphatic rings. The molecule has 7 nitrogen and oxygen atoms in total. The fourth-order valence-electron chi connectivity index (χ4n) is 5.73. The summed E-state index contributed by atoms with van der Waals surface area (Å²) in [5, 5.41) is 9.36. The lowest BCUT2D eigenvalue weighted by Crippen LogP contribution is -2.36. The van der Waals surface area contributed by atoms with Crippen molar-refractivity contribution in [3.8, 4) is 5.75 Å². The third-order valence-electron chi connectivity index (χ3n) is 8.32. The third-order valence-corrected chi connectivity index (χ3v) is 8.32. The van der Waals surface area contributed by atoms with Crippen LogP contribution in [0.25, 0.3) is 5.57 Å². The third kappa shape index (κ3) is 6.86. The summed E-state index contributed by atoms with van der Waals surface area (Å²) in [6.45, 7) is 6.48. The number of amides is 1. The zero-order chi connectivity index (χ0) is 25.6. The molecule has 0 spiro atoms. The van der Waals surface area contributed by atoms with Gasteiger partial charge in [-0.25, -0.2) is 9.97 Å². The van der Waals surface area contributed by atoms with Crippen molar-refractivity contribution in [2.45, 2.75) is 51.9 Å². The summed E-state index contributed by atoms with van der Waals surface area (Å²) >= 11 is 0. The van der Waals surface area contributed by atoms with Crippen LogP contribution in [-0.2, 0) is 11.2 Å². The molecule has 2 fully saturated rings. The molecule has 5 rings (SSSR count). The number of aryl methyl sites for hydroxylation is 1. The predicted molar refractivity (Wildman–Crippen MR) is 153 cm³/mol. The largest absolute Gasteiger partial charge is 0.493 e. The van der Waals surface area contributed by atoms with Crippen LogP contribution >= 0.6 is 12.4 Å². The fraction of sp³-hybridized carbons (Fsp3) is 0.567. The van der Waals surface area contributed by atoms with E-state index in [4.69, 9.17) is 4.74 Å². The quantitative estimate of drug-likeness (QED) is 0.519. The summed E-state index contributed by atoms with van der Waals surface area (Å²) < 4.78 is 6.15. The number of allylic oxidation sites excluding steroid dienone is 2. The standard InChI is InChI=1S/C30H40N4O3.ClH/c1-2-22-17-31-30(32-18-22)33-14-11-23(12-15-33)21-37-28-9-7-26(8-10-28)25-3-5-27(6-4-25)29(36)34-16-13-24(19-34)20-35;/h3,7-10,17-18,23-24,27,35H,2,4-6,11-16,19-21H2,1H3;1H/t24-,27?;/m0./s1. The lowest BCUT2D eigenvalue weighted by atomic mass is 9.86. The van der Waals surface area contributed by atoms with E-state index in [0.717, 1.165) is 82.9 Å². The molecule has 1 aromatic carbocycles. The molecule has 2 aliphatic heterocycles. The van der Waals surface area contributed by atoms with Crippen molar-refractivity contribution in [1.82, 2.24) is 14.9 Å². The minimum atomic E-state index is 0. The van der Waals surface area contributed by atoms with Crippen LogP contribution in [0.2, 0.25) is 0 Å². The number of piperidine rings is 1. The Morgan fingerprint density at radius 1 is 1.03 bits per heavy atom. The van der Waals surface area contributed by atoms with Crippen molar-refractivity contribution in [3.05, 3.63) is 53.9 Å². The molecule has 38 heavy (non-hydrogen) atoms. The lowest BCUT2D eigenvalue weighted by Gasteiger charge is -2.31. The van der Waals surface area contributed by atoms with Gasteiger partial charge in [-0.05, 0) is 79.7 Å². The number of aliphatic hydroxyl groups excluding tert-OH is 1. The molecule has 1 N–H and O–H groups in total. The minimum Gasteiger partial charge on any atom is -0.493 e. The van der Waals surface area contributed by atoms with Crippen LogP contribution in [0.15, 0.2) is 42.7 Å². The molecule has 1 aliphatic carbocycles. The maximum atomic E-state index is 12.9. The van der Waals surface area contributed by atoms with E-state index in [-0.39, 0.29) is 36.8 Å². The zero-order valence-electron chi connectivity index (χ0n) is 22.4. The lowest BCUT2D eigenvalue weighted by molar-refractivity contribution is -0.134. The van der Waals surface area contributed by atoms with E-state index in [2.05, 4.69) is 52.1 Å². The van der Waals surface area contributed by atoms with Gasteiger partial charge in [0.2, 0.25) is 11.9 Å². The van der Waals surface area contributed by atoms with Crippen LogP contribution < -0.4 is 9.64 Å². The van der Waals surface area contributed by atoms with Gasteiger partial charge in [0.05, 0.1) is 6.61 Å². The molecule has 206 valence electrons. The summed E-state index contributed by atoms with van der Waals surface area (Å²) in [4.78, 5) is 26.1. The Morgan fingerprint density at radius 3 is 2.34 bits per heavy atom. The van der Waals surface area contributed by atoms with E-state index in [1.54, 1.807) is 0 Å². The number of hydrogen-bond acceptors (Lipinski definition) is 6. The highest BCUT2D eigenvalue weighted by Gasteiger charge is 2.31. The first-order valence-corrected chi connectivity index (χ1v) is 14.0. The SMILES string of the molecule is CCc1cnc(N2CCC(COc3ccc(C4=CCC(C(=O)N5CC[C@H](CO)C5)CC4)cc3)CC2)nc1.Cl. The van der Waals surface area contributed by atoms with Gasteiger partial charge >= 0.3 is 0 Å². The molecule has 2 atom stereocenters. The van der Waals surface area contributed by atoms with E-state index in [9.17, 15) is 9.90 Å². The number of likely N-dealkylation sites (tertiary alicyclic amines) is 1. The van der Waals surface area contributed by atoms with E-state index >= 15 is 0 Å². The van der Waals surface area contributed by atoms with Crippen molar-refractivity contribution in [3.63, 3.8) is 0 Å². The van der Waals surface area contributed by atoms with E-state index in [1.165, 1.54) is 16.7 Å². The number of benzene rings is 1.